The lowest BCUT2D eigenvalue weighted by molar-refractivity contribution is 0.224. The van der Waals surface area contributed by atoms with Crippen LogP contribution in [0.15, 0.2) is 29.3 Å². The summed E-state index contributed by atoms with van der Waals surface area (Å²) in [5.41, 5.74) is 0. The van der Waals surface area contributed by atoms with Gasteiger partial charge in [0, 0.05) is 13.6 Å². The summed E-state index contributed by atoms with van der Waals surface area (Å²) < 4.78 is 5.77. The molecule has 106 valence electrons. The van der Waals surface area contributed by atoms with Gasteiger partial charge in [-0.25, -0.2) is 0 Å². The third-order valence-corrected chi connectivity index (χ3v) is 2.80. The van der Waals surface area contributed by atoms with Crippen molar-refractivity contribution in [1.82, 2.24) is 10.6 Å². The summed E-state index contributed by atoms with van der Waals surface area (Å²) in [6.07, 6.45) is 1.06. The lowest BCUT2D eigenvalue weighted by atomic mass is 10.3. The molecule has 2 N–H and O–H groups in total. The van der Waals surface area contributed by atoms with E-state index in [2.05, 4.69) is 22.5 Å². The number of hydrogen-bond donors (Lipinski definition) is 2. The van der Waals surface area contributed by atoms with Crippen LogP contribution in [0.25, 0.3) is 0 Å². The lowest BCUT2D eigenvalue weighted by Crippen LogP contribution is -2.42. The fourth-order valence-corrected chi connectivity index (χ4v) is 1.68. The molecule has 0 saturated carbocycles. The monoisotopic (exact) mass is 283 g/mol. The van der Waals surface area contributed by atoms with Crippen LogP contribution in [-0.2, 0) is 0 Å². The molecule has 0 heterocycles. The average molecular weight is 284 g/mol. The molecule has 0 spiro atoms. The number of benzene rings is 1. The Morgan fingerprint density at radius 3 is 2.74 bits per heavy atom. The van der Waals surface area contributed by atoms with Gasteiger partial charge in [-0.05, 0) is 25.5 Å². The number of rotatable bonds is 6. The maximum atomic E-state index is 6.05. The maximum absolute atomic E-state index is 6.05. The van der Waals surface area contributed by atoms with E-state index in [1.165, 1.54) is 0 Å². The molecule has 0 aromatic heterocycles. The van der Waals surface area contributed by atoms with Crippen LogP contribution in [0.4, 0.5) is 0 Å². The largest absolute Gasteiger partial charge is 0.487 e. The van der Waals surface area contributed by atoms with Gasteiger partial charge >= 0.3 is 0 Å². The highest BCUT2D eigenvalue weighted by molar-refractivity contribution is 6.32. The summed E-state index contributed by atoms with van der Waals surface area (Å²) in [7, 11) is 1.75. The zero-order chi connectivity index (χ0) is 14.1. The molecule has 0 amide bonds. The van der Waals surface area contributed by atoms with E-state index < -0.39 is 0 Å². The van der Waals surface area contributed by atoms with Gasteiger partial charge in [0.25, 0.3) is 0 Å². The van der Waals surface area contributed by atoms with Crippen LogP contribution in [0, 0.1) is 0 Å². The van der Waals surface area contributed by atoms with Crippen molar-refractivity contribution in [3.63, 3.8) is 0 Å². The fraction of sp³-hybridized carbons (Fsp3) is 0.500. The number of nitrogens with one attached hydrogen (secondary N) is 2. The van der Waals surface area contributed by atoms with Crippen molar-refractivity contribution in [2.75, 3.05) is 20.1 Å². The van der Waals surface area contributed by atoms with Crippen molar-refractivity contribution in [3.8, 4) is 5.75 Å². The van der Waals surface area contributed by atoms with Crippen LogP contribution in [0.5, 0.6) is 5.75 Å². The van der Waals surface area contributed by atoms with Gasteiger partial charge in [0.05, 0.1) is 11.6 Å². The Balaban J connectivity index is 2.39. The number of aliphatic imine (C=N–C) groups is 1. The molecule has 19 heavy (non-hydrogen) atoms. The van der Waals surface area contributed by atoms with E-state index in [-0.39, 0.29) is 6.10 Å². The summed E-state index contributed by atoms with van der Waals surface area (Å²) in [4.78, 5) is 4.13. The van der Waals surface area contributed by atoms with Crippen molar-refractivity contribution in [2.45, 2.75) is 26.4 Å². The number of nitrogens with zero attached hydrogens (tertiary/aromatic N) is 1. The van der Waals surface area contributed by atoms with Crippen molar-refractivity contribution in [3.05, 3.63) is 29.3 Å². The normalized spacial score (nSPS) is 12.9. The number of ether oxygens (including phenoxy) is 1. The summed E-state index contributed by atoms with van der Waals surface area (Å²) >= 11 is 6.05. The Labute approximate surface area is 120 Å². The Morgan fingerprint density at radius 2 is 2.11 bits per heavy atom. The molecule has 1 unspecified atom stereocenters. The molecular formula is C14H22ClN3O. The molecular weight excluding hydrogens is 262 g/mol. The van der Waals surface area contributed by atoms with Crippen molar-refractivity contribution in [1.29, 1.82) is 0 Å². The standard InChI is InChI=1S/C14H22ClN3O/c1-4-9-17-14(16-3)18-10-11(2)19-13-8-6-5-7-12(13)15/h5-8,11H,4,9-10H2,1-3H3,(H2,16,17,18). The first-order chi connectivity index (χ1) is 9.17. The SMILES string of the molecule is CCCNC(=NC)NCC(C)Oc1ccccc1Cl. The third-order valence-electron chi connectivity index (χ3n) is 2.49. The lowest BCUT2D eigenvalue weighted by Gasteiger charge is -2.18. The zero-order valence-electron chi connectivity index (χ0n) is 11.7. The molecule has 5 heteroatoms. The van der Waals surface area contributed by atoms with Crippen LogP contribution in [0.3, 0.4) is 0 Å². The minimum Gasteiger partial charge on any atom is -0.487 e. The second-order valence-corrected chi connectivity index (χ2v) is 4.65. The van der Waals surface area contributed by atoms with Gasteiger partial charge in [0.2, 0.25) is 0 Å². The maximum Gasteiger partial charge on any atom is 0.191 e. The van der Waals surface area contributed by atoms with Gasteiger partial charge in [0.15, 0.2) is 5.96 Å². The highest BCUT2D eigenvalue weighted by Gasteiger charge is 2.07. The fourth-order valence-electron chi connectivity index (χ4n) is 1.50. The van der Waals surface area contributed by atoms with Crippen LogP contribution in [-0.4, -0.2) is 32.2 Å². The van der Waals surface area contributed by atoms with Crippen molar-refractivity contribution >= 4 is 17.6 Å². The van der Waals surface area contributed by atoms with Crippen LogP contribution in [0.2, 0.25) is 5.02 Å². The summed E-state index contributed by atoms with van der Waals surface area (Å²) in [5, 5.41) is 7.05. The first kappa shape index (κ1) is 15.6. The molecule has 1 rings (SSSR count). The van der Waals surface area contributed by atoms with Gasteiger partial charge in [-0.3, -0.25) is 4.99 Å². The molecule has 4 nitrogen and oxygen atoms in total. The quantitative estimate of drug-likeness (QED) is 0.623. The topological polar surface area (TPSA) is 45.7 Å². The van der Waals surface area contributed by atoms with E-state index in [0.29, 0.717) is 17.3 Å². The average Bonchev–Trinajstić information content (AvgIpc) is 2.41. The van der Waals surface area contributed by atoms with E-state index in [9.17, 15) is 0 Å². The van der Waals surface area contributed by atoms with Crippen molar-refractivity contribution in [2.24, 2.45) is 4.99 Å². The van der Waals surface area contributed by atoms with E-state index in [1.54, 1.807) is 7.05 Å². The van der Waals surface area contributed by atoms with E-state index >= 15 is 0 Å². The molecule has 0 fully saturated rings. The van der Waals surface area contributed by atoms with Crippen LogP contribution >= 0.6 is 11.6 Å². The van der Waals surface area contributed by atoms with Crippen LogP contribution in [0.1, 0.15) is 20.3 Å². The van der Waals surface area contributed by atoms with Gasteiger partial charge < -0.3 is 15.4 Å². The highest BCUT2D eigenvalue weighted by atomic mass is 35.5. The molecule has 1 aromatic rings. The molecule has 1 aromatic carbocycles. The Bertz CT molecular complexity index is 409. The molecule has 0 radical (unpaired) electrons. The second kappa shape index (κ2) is 8.64. The predicted octanol–water partition coefficient (Wildman–Crippen LogP) is 2.68. The Kier molecular flexibility index (Phi) is 7.11. The Hall–Kier alpha value is -1.42. The first-order valence-corrected chi connectivity index (χ1v) is 6.90. The molecule has 1 atom stereocenters. The van der Waals surface area contributed by atoms with E-state index in [0.717, 1.165) is 18.9 Å². The van der Waals surface area contributed by atoms with Gasteiger partial charge in [-0.1, -0.05) is 30.7 Å². The Morgan fingerprint density at radius 1 is 1.37 bits per heavy atom. The summed E-state index contributed by atoms with van der Waals surface area (Å²) in [5.74, 6) is 1.49. The van der Waals surface area contributed by atoms with E-state index in [1.807, 2.05) is 31.2 Å². The van der Waals surface area contributed by atoms with Gasteiger partial charge in [-0.2, -0.15) is 0 Å². The minimum atomic E-state index is 0.0000709. The molecule has 0 aliphatic carbocycles. The van der Waals surface area contributed by atoms with Gasteiger partial charge in [-0.15, -0.1) is 0 Å². The second-order valence-electron chi connectivity index (χ2n) is 4.24. The number of guanidine groups is 1. The molecule has 0 aliphatic rings. The number of halogens is 1. The third kappa shape index (κ3) is 5.83. The van der Waals surface area contributed by atoms with E-state index in [4.69, 9.17) is 16.3 Å². The summed E-state index contributed by atoms with van der Waals surface area (Å²) in [6, 6.07) is 7.47. The zero-order valence-corrected chi connectivity index (χ0v) is 12.5. The first-order valence-electron chi connectivity index (χ1n) is 6.53. The summed E-state index contributed by atoms with van der Waals surface area (Å²) in [6.45, 7) is 5.67. The predicted molar refractivity (Wildman–Crippen MR) is 81.2 cm³/mol. The highest BCUT2D eigenvalue weighted by Crippen LogP contribution is 2.23. The molecule has 0 aliphatic heterocycles. The van der Waals surface area contributed by atoms with Gasteiger partial charge in [0.1, 0.15) is 11.9 Å². The number of para-hydroxylation sites is 1. The number of hydrogen-bond acceptors (Lipinski definition) is 2. The molecule has 0 bridgehead atoms. The van der Waals surface area contributed by atoms with Crippen LogP contribution < -0.4 is 15.4 Å². The minimum absolute atomic E-state index is 0.0000709. The molecule has 0 saturated heterocycles. The smallest absolute Gasteiger partial charge is 0.191 e. The van der Waals surface area contributed by atoms with Crippen molar-refractivity contribution < 1.29 is 4.74 Å².